The van der Waals surface area contributed by atoms with Gasteiger partial charge < -0.3 is 19.7 Å². The van der Waals surface area contributed by atoms with Crippen molar-refractivity contribution < 1.29 is 35.5 Å². The minimum absolute atomic E-state index is 0.00424. The average Bonchev–Trinajstić information content (AvgIpc) is 2.87. The predicted octanol–water partition coefficient (Wildman–Crippen LogP) is 3.61. The molecule has 0 unspecified atom stereocenters. The largest absolute Gasteiger partial charge is 0.506 e. The van der Waals surface area contributed by atoms with Gasteiger partial charge in [-0.1, -0.05) is 6.07 Å². The number of sulfonamides is 1. The molecule has 1 aromatic heterocycles. The molecule has 3 aromatic carbocycles. The van der Waals surface area contributed by atoms with Gasteiger partial charge in [0.05, 0.1) is 47.1 Å². The third-order valence-corrected chi connectivity index (χ3v) is 8.26. The van der Waals surface area contributed by atoms with E-state index in [-0.39, 0.29) is 45.2 Å². The van der Waals surface area contributed by atoms with Gasteiger partial charge in [0.15, 0.2) is 11.6 Å². The Bertz CT molecular complexity index is 2020. The number of sulfone groups is 1. The van der Waals surface area contributed by atoms with Crippen LogP contribution in [0.4, 0.5) is 20.2 Å². The smallest absolute Gasteiger partial charge is 0.264 e. The summed E-state index contributed by atoms with van der Waals surface area (Å²) in [6, 6.07) is 11.1. The minimum Gasteiger partial charge on any atom is -0.506 e. The second kappa shape index (κ2) is 9.64. The lowest BCUT2D eigenvalue weighted by atomic mass is 10.1. The molecule has 0 saturated heterocycles. The fourth-order valence-electron chi connectivity index (χ4n) is 4.45. The van der Waals surface area contributed by atoms with Crippen LogP contribution in [0.1, 0.15) is 11.1 Å². The van der Waals surface area contributed by atoms with Crippen molar-refractivity contribution in [3.05, 3.63) is 93.1 Å². The highest BCUT2D eigenvalue weighted by atomic mass is 32.2. The summed E-state index contributed by atoms with van der Waals surface area (Å²) in [5.41, 5.74) is -0.930. The van der Waals surface area contributed by atoms with Gasteiger partial charge in [-0.25, -0.2) is 25.6 Å². The second-order valence-corrected chi connectivity index (χ2v) is 12.5. The van der Waals surface area contributed by atoms with E-state index in [1.807, 2.05) is 0 Å². The average molecular weight is 590 g/mol. The first-order valence-electron chi connectivity index (χ1n) is 11.5. The highest BCUT2D eigenvalue weighted by molar-refractivity contribution is 7.94. The maximum Gasteiger partial charge on any atom is 0.264 e. The van der Waals surface area contributed by atoms with E-state index in [9.17, 15) is 35.5 Å². The molecule has 3 N–H and O–H groups in total. The Morgan fingerprint density at radius 3 is 2.52 bits per heavy atom. The van der Waals surface area contributed by atoms with Crippen molar-refractivity contribution in [3.8, 4) is 11.5 Å². The number of pyridine rings is 1. The van der Waals surface area contributed by atoms with Gasteiger partial charge in [0, 0.05) is 11.1 Å². The lowest BCUT2D eigenvalue weighted by molar-refractivity contribution is 0.386. The zero-order valence-corrected chi connectivity index (χ0v) is 22.5. The third kappa shape index (κ3) is 4.98. The molecule has 2 heterocycles. The number of aromatic nitrogens is 1. The van der Waals surface area contributed by atoms with Crippen LogP contribution in [-0.4, -0.2) is 39.9 Å². The Labute approximate surface area is 227 Å². The van der Waals surface area contributed by atoms with Crippen molar-refractivity contribution in [3.63, 3.8) is 0 Å². The monoisotopic (exact) mass is 589 g/mol. The van der Waals surface area contributed by atoms with Crippen LogP contribution in [0, 0.1) is 11.6 Å². The van der Waals surface area contributed by atoms with Crippen molar-refractivity contribution in [2.75, 3.05) is 23.4 Å². The lowest BCUT2D eigenvalue weighted by Crippen LogP contribution is -2.27. The number of nitrogens with zero attached hydrogens (tertiary/aromatic N) is 1. The number of hydrogen-bond acceptors (Lipinski definition) is 8. The Hall–Kier alpha value is -4.43. The number of aromatic hydroxyl groups is 1. The molecule has 1 aliphatic heterocycles. The maximum atomic E-state index is 14.2. The number of ether oxygens (including phenoxy) is 1. The van der Waals surface area contributed by atoms with Gasteiger partial charge in [-0.05, 0) is 54.1 Å². The number of hydrogen-bond donors (Lipinski definition) is 3. The summed E-state index contributed by atoms with van der Waals surface area (Å²) in [5, 5.41) is 14.6. The number of rotatable bonds is 6. The zero-order valence-electron chi connectivity index (χ0n) is 20.9. The Kier molecular flexibility index (Phi) is 6.54. The lowest BCUT2D eigenvalue weighted by Gasteiger charge is -2.22. The van der Waals surface area contributed by atoms with E-state index in [0.29, 0.717) is 5.56 Å². The van der Waals surface area contributed by atoms with Crippen LogP contribution in [0.15, 0.2) is 69.7 Å². The van der Waals surface area contributed by atoms with Crippen LogP contribution >= 0.6 is 0 Å². The van der Waals surface area contributed by atoms with Crippen molar-refractivity contribution in [1.82, 2.24) is 4.57 Å². The molecular formula is C26H21F2N3O7S2. The van der Waals surface area contributed by atoms with Gasteiger partial charge in [0.1, 0.15) is 17.1 Å². The molecule has 0 aliphatic carbocycles. The molecule has 0 bridgehead atoms. The van der Waals surface area contributed by atoms with Gasteiger partial charge in [-0.15, -0.1) is 0 Å². The van der Waals surface area contributed by atoms with Gasteiger partial charge in [-0.2, -0.15) is 0 Å². The molecule has 0 amide bonds. The van der Waals surface area contributed by atoms with Crippen molar-refractivity contribution in [1.29, 1.82) is 0 Å². The Balaban J connectivity index is 1.69. The number of fused-ring (bicyclic) bond motifs is 2. The Morgan fingerprint density at radius 1 is 1.07 bits per heavy atom. The molecule has 0 atom stereocenters. The summed E-state index contributed by atoms with van der Waals surface area (Å²) in [6.07, 6.45) is 0.912. The number of anilines is 2. The standard InChI is InChI=1S/C26H21F2N3O7S2/c1-38-22-9-14(3-6-18(22)28)12-31-21-8-4-15(27)10-17(21)25(32)24(26(31)33)20-13-40(36,37)23-11-16(30-39(2,34)35)5-7-19(23)29-20/h3-11,13,29-30,32H,12H2,1-2H3. The van der Waals surface area contributed by atoms with Crippen LogP contribution in [0.2, 0.25) is 0 Å². The molecule has 208 valence electrons. The molecule has 10 nitrogen and oxygen atoms in total. The Morgan fingerprint density at radius 2 is 1.82 bits per heavy atom. The predicted molar refractivity (Wildman–Crippen MR) is 146 cm³/mol. The van der Waals surface area contributed by atoms with E-state index < -0.39 is 48.4 Å². The van der Waals surface area contributed by atoms with Crippen LogP contribution < -0.4 is 20.3 Å². The van der Waals surface area contributed by atoms with E-state index in [4.69, 9.17) is 4.74 Å². The van der Waals surface area contributed by atoms with Gasteiger partial charge in [0.25, 0.3) is 5.56 Å². The first-order chi connectivity index (χ1) is 18.8. The number of benzene rings is 3. The van der Waals surface area contributed by atoms with E-state index in [1.54, 1.807) is 0 Å². The number of nitrogens with one attached hydrogen (secondary N) is 2. The van der Waals surface area contributed by atoms with Gasteiger partial charge in [-0.3, -0.25) is 9.52 Å². The van der Waals surface area contributed by atoms with Crippen LogP contribution in [0.3, 0.4) is 0 Å². The molecule has 5 rings (SSSR count). The molecule has 1 aliphatic rings. The highest BCUT2D eigenvalue weighted by Crippen LogP contribution is 2.38. The molecule has 0 radical (unpaired) electrons. The number of halogens is 2. The SMILES string of the molecule is COc1cc(Cn2c(=O)c(C3=CS(=O)(=O)c4cc(NS(C)(=O)=O)ccc4N3)c(O)c3cc(F)ccc32)ccc1F. The summed E-state index contributed by atoms with van der Waals surface area (Å²) < 4.78 is 86.2. The normalized spacial score (nSPS) is 14.2. The first kappa shape index (κ1) is 27.1. The highest BCUT2D eigenvalue weighted by Gasteiger charge is 2.29. The third-order valence-electron chi connectivity index (χ3n) is 6.16. The minimum atomic E-state index is -4.25. The van der Waals surface area contributed by atoms with Crippen LogP contribution in [0.25, 0.3) is 16.6 Å². The molecular weight excluding hydrogens is 568 g/mol. The van der Waals surface area contributed by atoms with Crippen LogP contribution in [-0.2, 0) is 26.4 Å². The molecule has 0 spiro atoms. The number of methoxy groups -OCH3 is 1. The second-order valence-electron chi connectivity index (χ2n) is 9.03. The fraction of sp³-hybridized carbons (Fsp3) is 0.115. The van der Waals surface area contributed by atoms with Gasteiger partial charge >= 0.3 is 0 Å². The molecule has 0 fully saturated rings. The molecule has 14 heteroatoms. The van der Waals surface area contributed by atoms with Gasteiger partial charge in [0.2, 0.25) is 19.9 Å². The van der Waals surface area contributed by atoms with Crippen molar-refractivity contribution in [2.24, 2.45) is 0 Å². The summed E-state index contributed by atoms with van der Waals surface area (Å²) in [5.74, 6) is -2.05. The zero-order chi connectivity index (χ0) is 29.0. The molecule has 4 aromatic rings. The summed E-state index contributed by atoms with van der Waals surface area (Å²) in [6.45, 7) is -0.151. The topological polar surface area (TPSA) is 144 Å². The first-order valence-corrected chi connectivity index (χ1v) is 14.9. The summed E-state index contributed by atoms with van der Waals surface area (Å²) in [4.78, 5) is 13.5. The fourth-order valence-corrected chi connectivity index (χ4v) is 6.34. The summed E-state index contributed by atoms with van der Waals surface area (Å²) in [7, 11) is -6.65. The molecule has 0 saturated carbocycles. The van der Waals surface area contributed by atoms with E-state index >= 15 is 0 Å². The van der Waals surface area contributed by atoms with Crippen molar-refractivity contribution in [2.45, 2.75) is 11.4 Å². The van der Waals surface area contributed by atoms with E-state index in [2.05, 4.69) is 10.0 Å². The van der Waals surface area contributed by atoms with Crippen molar-refractivity contribution >= 4 is 47.8 Å². The quantitative estimate of drug-likeness (QED) is 0.310. The summed E-state index contributed by atoms with van der Waals surface area (Å²) >= 11 is 0. The van der Waals surface area contributed by atoms with Crippen LogP contribution in [0.5, 0.6) is 11.5 Å². The van der Waals surface area contributed by atoms with E-state index in [1.165, 1.54) is 42.0 Å². The maximum absolute atomic E-state index is 14.2. The molecule has 40 heavy (non-hydrogen) atoms. The van der Waals surface area contributed by atoms with E-state index in [0.717, 1.165) is 35.9 Å².